The van der Waals surface area contributed by atoms with E-state index in [-0.39, 0.29) is 11.7 Å². The van der Waals surface area contributed by atoms with Gasteiger partial charge in [0.05, 0.1) is 29.8 Å². The lowest BCUT2D eigenvalue weighted by Gasteiger charge is -1.98. The fourth-order valence-electron chi connectivity index (χ4n) is 4.79. The summed E-state index contributed by atoms with van der Waals surface area (Å²) in [5, 5.41) is 31.5. The van der Waals surface area contributed by atoms with E-state index in [2.05, 4.69) is 179 Å². The Morgan fingerprint density at radius 3 is 1.34 bits per heavy atom. The highest BCUT2D eigenvalue weighted by atomic mass is 32.1. The first kappa shape index (κ1) is 80.1. The summed E-state index contributed by atoms with van der Waals surface area (Å²) in [5.41, 5.74) is 4.61. The standard InChI is InChI=1S/C6H7F3N2S.C6H7N3S.C6H10N2O.C6H10N2S.C5H8N2O.5C5H8N2S/c1-3(2)4-10-5(11-12-4)6(7,8)9;1-4(2)6-8-5(3-7)9-10-6;2*1-4(2)6-7-5(3)8-9-6;1-4(2)5-6-3-7-8-5;1-4(2)5-7-6-3-8-5;1-4(2)5-6-3-8-7-5;1-4(2)5-6-3-7-8-5;1-4(2)5-3-6-7-8-5;1-4(2)5-3-6-8-7-5/h3H,1-2H3;4H,1-2H3;2*4H,1-3H3;6*3-4H,1-2H3. The van der Waals surface area contributed by atoms with Crippen molar-refractivity contribution in [1.29, 1.82) is 5.26 Å². The second-order valence-corrected chi connectivity index (χ2v) is 27.2. The molecule has 0 aromatic carbocycles. The van der Waals surface area contributed by atoms with Gasteiger partial charge in [-0.05, 0) is 94.9 Å². The van der Waals surface area contributed by atoms with Crippen LogP contribution in [0.3, 0.4) is 0 Å². The van der Waals surface area contributed by atoms with Crippen molar-refractivity contribution in [2.24, 2.45) is 0 Å². The highest BCUT2D eigenvalue weighted by Crippen LogP contribution is 2.29. The number of nitrogens with zero attached hydrogens (tertiary/aromatic N) is 21. The average molecular weight is 1370 g/mol. The zero-order valence-corrected chi connectivity index (χ0v) is 60.4. The van der Waals surface area contributed by atoms with E-state index >= 15 is 0 Å². The van der Waals surface area contributed by atoms with Gasteiger partial charge in [-0.15, -0.1) is 26.6 Å². The predicted octanol–water partition coefficient (Wildman–Crippen LogP) is 17.2. The monoisotopic (exact) mass is 1370 g/mol. The number of alkyl halides is 3. The molecular weight excluding hydrogens is 1290 g/mol. The predicted molar refractivity (Wildman–Crippen MR) is 348 cm³/mol. The number of halogens is 3. The maximum Gasteiger partial charge on any atom is 0.452 e. The van der Waals surface area contributed by atoms with Gasteiger partial charge in [0.1, 0.15) is 60.1 Å². The molecule has 0 unspecified atom stereocenters. The largest absolute Gasteiger partial charge is 0.452 e. The summed E-state index contributed by atoms with van der Waals surface area (Å²) in [5.74, 6) is 7.44. The first-order valence-corrected chi connectivity index (χ1v) is 34.0. The number of aryl methyl sites for hydroxylation is 2. The van der Waals surface area contributed by atoms with Crippen LogP contribution in [0.5, 0.6) is 0 Å². The zero-order valence-electron chi connectivity index (χ0n) is 53.8. The van der Waals surface area contributed by atoms with E-state index in [0.717, 1.165) is 48.9 Å². The Labute approximate surface area is 547 Å². The minimum Gasteiger partial charge on any atom is -0.339 e. The number of aromatic nitrogens is 20. The van der Waals surface area contributed by atoms with Crippen molar-refractivity contribution < 1.29 is 22.2 Å². The second-order valence-electron chi connectivity index (χ2n) is 21.2. The van der Waals surface area contributed by atoms with Crippen molar-refractivity contribution in [3.8, 4) is 6.07 Å². The van der Waals surface area contributed by atoms with Gasteiger partial charge in [-0.1, -0.05) is 153 Å². The molecule has 0 bridgehead atoms. The van der Waals surface area contributed by atoms with Crippen LogP contribution < -0.4 is 0 Å². The third kappa shape index (κ3) is 34.7. The highest BCUT2D eigenvalue weighted by molar-refractivity contribution is 7.09. The minimum absolute atomic E-state index is 0.00130. The molecule has 34 heteroatoms. The van der Waals surface area contributed by atoms with E-state index in [1.165, 1.54) is 80.6 Å². The molecule has 0 atom stereocenters. The lowest BCUT2D eigenvalue weighted by atomic mass is 10.2. The summed E-state index contributed by atoms with van der Waals surface area (Å²) >= 11 is 10.8. The molecule has 0 aliphatic carbocycles. The smallest absolute Gasteiger partial charge is 0.339 e. The van der Waals surface area contributed by atoms with Crippen LogP contribution in [-0.2, 0) is 6.18 Å². The molecule has 0 saturated carbocycles. The molecule has 0 N–H and O–H groups in total. The third-order valence-corrected chi connectivity index (χ3v) is 16.8. The van der Waals surface area contributed by atoms with E-state index in [4.69, 9.17) is 14.3 Å². The van der Waals surface area contributed by atoms with Crippen LogP contribution >= 0.6 is 92.3 Å². The summed E-state index contributed by atoms with van der Waals surface area (Å²) in [6.07, 6.45) is 2.23. The van der Waals surface area contributed by atoms with Crippen molar-refractivity contribution in [2.45, 2.75) is 218 Å². The van der Waals surface area contributed by atoms with Gasteiger partial charge in [0, 0.05) is 52.2 Å². The quantitative estimate of drug-likeness (QED) is 0.123. The fraction of sp³-hybridized carbons (Fsp3) is 0.611. The van der Waals surface area contributed by atoms with Gasteiger partial charge in [-0.2, -0.15) is 59.0 Å². The molecule has 0 fully saturated rings. The normalized spacial score (nSPS) is 10.7. The van der Waals surface area contributed by atoms with Gasteiger partial charge in [0.15, 0.2) is 12.2 Å². The molecule has 0 aliphatic heterocycles. The van der Waals surface area contributed by atoms with E-state index in [1.54, 1.807) is 42.5 Å². The van der Waals surface area contributed by atoms with Gasteiger partial charge in [-0.3, -0.25) is 0 Å². The summed E-state index contributed by atoms with van der Waals surface area (Å²) in [7, 11) is 0. The van der Waals surface area contributed by atoms with Gasteiger partial charge in [-0.25, -0.2) is 24.9 Å². The molecule has 10 rings (SSSR count). The Bertz CT molecular complexity index is 2880. The lowest BCUT2D eigenvalue weighted by Crippen LogP contribution is -2.07. The first-order valence-electron chi connectivity index (χ1n) is 27.7. The minimum atomic E-state index is -4.41. The van der Waals surface area contributed by atoms with Crippen LogP contribution in [0.2, 0.25) is 0 Å². The third-order valence-electron chi connectivity index (χ3n) is 9.73. The van der Waals surface area contributed by atoms with E-state index in [1.807, 2.05) is 73.9 Å². The van der Waals surface area contributed by atoms with Crippen molar-refractivity contribution >= 4 is 92.3 Å². The van der Waals surface area contributed by atoms with Crippen LogP contribution in [0.4, 0.5) is 13.2 Å². The lowest BCUT2D eigenvalue weighted by molar-refractivity contribution is -0.144. The molecule has 0 spiro atoms. The molecule has 10 heterocycles. The Morgan fingerprint density at radius 2 is 1.09 bits per heavy atom. The van der Waals surface area contributed by atoms with Crippen molar-refractivity contribution in [1.82, 2.24) is 95.6 Å². The number of nitriles is 1. The maximum absolute atomic E-state index is 11.9. The molecule has 0 aliphatic rings. The Kier molecular flexibility index (Phi) is 39.7. The fourth-order valence-corrected chi connectivity index (χ4v) is 9.39. The van der Waals surface area contributed by atoms with Gasteiger partial charge in [0.25, 0.3) is 0 Å². The van der Waals surface area contributed by atoms with Crippen LogP contribution in [-0.4, -0.2) is 95.6 Å². The van der Waals surface area contributed by atoms with Crippen molar-refractivity contribution in [2.75, 3.05) is 0 Å². The number of rotatable bonds is 10. The van der Waals surface area contributed by atoms with E-state index in [0.29, 0.717) is 75.9 Å². The molecule has 88 heavy (non-hydrogen) atoms. The van der Waals surface area contributed by atoms with Crippen LogP contribution in [0.25, 0.3) is 0 Å². The summed E-state index contributed by atoms with van der Waals surface area (Å²) < 4.78 is 76.1. The average Bonchev–Trinajstić information content (AvgIpc) is 4.52. The number of hydrogen-bond acceptors (Lipinski definition) is 31. The molecule has 0 amide bonds. The maximum atomic E-state index is 11.9. The molecule has 10 aromatic rings. The van der Waals surface area contributed by atoms with Gasteiger partial charge < -0.3 is 9.05 Å². The van der Waals surface area contributed by atoms with Gasteiger partial charge in [0.2, 0.25) is 23.4 Å². The molecule has 10 aromatic heterocycles. The molecule has 0 radical (unpaired) electrons. The Morgan fingerprint density at radius 1 is 0.489 bits per heavy atom. The zero-order chi connectivity index (χ0) is 66.5. The summed E-state index contributed by atoms with van der Waals surface area (Å²) in [6, 6.07) is 1.89. The summed E-state index contributed by atoms with van der Waals surface area (Å²) in [4.78, 5) is 28.7. The molecule has 23 nitrogen and oxygen atoms in total. The van der Waals surface area contributed by atoms with Crippen LogP contribution in [0.15, 0.2) is 45.1 Å². The van der Waals surface area contributed by atoms with E-state index < -0.39 is 12.0 Å². The Balaban J connectivity index is 0.000000490. The second kappa shape index (κ2) is 43.7. The highest BCUT2D eigenvalue weighted by Gasteiger charge is 2.36. The van der Waals surface area contributed by atoms with Crippen LogP contribution in [0, 0.1) is 25.2 Å². The molecular formula is C54H82F3N21O2S8. The summed E-state index contributed by atoms with van der Waals surface area (Å²) in [6.45, 7) is 44.8. The number of hydrogen-bond donors (Lipinski definition) is 0. The Hall–Kier alpha value is -5.96. The van der Waals surface area contributed by atoms with Crippen molar-refractivity contribution in [3.05, 3.63) is 113 Å². The molecule has 0 saturated heterocycles. The van der Waals surface area contributed by atoms with Crippen LogP contribution in [0.1, 0.15) is 274 Å². The topological polar surface area (TPSA) is 308 Å². The first-order chi connectivity index (χ1) is 41.4. The molecule has 484 valence electrons. The SMILES string of the molecule is CC(C)c1cnns1.CC(C)c1cnsn1.CC(C)c1nc(C#N)ns1.CC(C)c1nc(C(F)(F)F)ns1.CC(C)c1ncno1.CC(C)c1ncns1.CC(C)c1ncsn1.CC(C)c1nncs1.Cc1noc(C(C)C)n1.Cc1nsc(C(C)C)n1. The van der Waals surface area contributed by atoms with E-state index in [9.17, 15) is 13.2 Å². The van der Waals surface area contributed by atoms with Crippen molar-refractivity contribution in [3.63, 3.8) is 0 Å². The van der Waals surface area contributed by atoms with Gasteiger partial charge >= 0.3 is 6.18 Å².